The Morgan fingerprint density at radius 2 is 2.32 bits per heavy atom. The molecular formula is C17H14N2O2S. The first kappa shape index (κ1) is 14.4. The number of carbonyl (C=O) groups excluding carboxylic acids is 1. The lowest BCUT2D eigenvalue weighted by Gasteiger charge is -2.00. The molecule has 22 heavy (non-hydrogen) atoms. The van der Waals surface area contributed by atoms with Crippen LogP contribution >= 0.6 is 11.3 Å². The number of aromatic nitrogens is 1. The van der Waals surface area contributed by atoms with E-state index >= 15 is 0 Å². The Morgan fingerprint density at radius 3 is 3.00 bits per heavy atom. The van der Waals surface area contributed by atoms with Gasteiger partial charge >= 0.3 is 5.91 Å². The molecule has 2 aromatic heterocycles. The van der Waals surface area contributed by atoms with Crippen molar-refractivity contribution in [3.05, 3.63) is 52.7 Å². The predicted molar refractivity (Wildman–Crippen MR) is 86.6 cm³/mol. The smallest absolute Gasteiger partial charge is 0.315 e. The molecule has 0 spiro atoms. The molecule has 0 unspecified atom stereocenters. The predicted octanol–water partition coefficient (Wildman–Crippen LogP) is 3.23. The van der Waals surface area contributed by atoms with E-state index in [1.54, 1.807) is 12.1 Å². The molecule has 0 aliphatic carbocycles. The Morgan fingerprint density at radius 1 is 1.45 bits per heavy atom. The van der Waals surface area contributed by atoms with Crippen LogP contribution in [-0.2, 0) is 13.0 Å². The Labute approximate surface area is 131 Å². The van der Waals surface area contributed by atoms with E-state index in [0.29, 0.717) is 11.3 Å². The monoisotopic (exact) mass is 310 g/mol. The second kappa shape index (κ2) is 6.04. The van der Waals surface area contributed by atoms with E-state index in [9.17, 15) is 4.79 Å². The van der Waals surface area contributed by atoms with Gasteiger partial charge in [0.15, 0.2) is 10.6 Å². The quantitative estimate of drug-likeness (QED) is 0.697. The van der Waals surface area contributed by atoms with E-state index in [1.807, 2.05) is 10.6 Å². The van der Waals surface area contributed by atoms with Crippen LogP contribution in [0.2, 0.25) is 0 Å². The van der Waals surface area contributed by atoms with Crippen molar-refractivity contribution in [1.29, 1.82) is 0 Å². The van der Waals surface area contributed by atoms with Crippen LogP contribution < -0.4 is 4.80 Å². The fraction of sp³-hybridized carbons (Fsp3) is 0.176. The summed E-state index contributed by atoms with van der Waals surface area (Å²) in [6.45, 7) is 2.48. The minimum absolute atomic E-state index is 0.221. The third kappa shape index (κ3) is 2.61. The Hall–Kier alpha value is -2.58. The van der Waals surface area contributed by atoms with E-state index in [-0.39, 0.29) is 5.76 Å². The summed E-state index contributed by atoms with van der Waals surface area (Å²) >= 11 is 1.46. The van der Waals surface area contributed by atoms with Gasteiger partial charge in [-0.25, -0.2) is 0 Å². The first-order valence-electron chi connectivity index (χ1n) is 6.91. The van der Waals surface area contributed by atoms with Crippen molar-refractivity contribution in [3.8, 4) is 12.3 Å². The van der Waals surface area contributed by atoms with Crippen molar-refractivity contribution < 1.29 is 9.21 Å². The fourth-order valence-corrected chi connectivity index (χ4v) is 3.30. The zero-order valence-corrected chi connectivity index (χ0v) is 12.9. The molecule has 0 aliphatic rings. The lowest BCUT2D eigenvalue weighted by molar-refractivity contribution is 0.0971. The van der Waals surface area contributed by atoms with Gasteiger partial charge in [0.1, 0.15) is 0 Å². The average molecular weight is 310 g/mol. The van der Waals surface area contributed by atoms with Crippen molar-refractivity contribution in [1.82, 2.24) is 4.57 Å². The molecule has 0 bridgehead atoms. The molecule has 1 amide bonds. The number of furan rings is 1. The van der Waals surface area contributed by atoms with Gasteiger partial charge in [-0.3, -0.25) is 4.79 Å². The van der Waals surface area contributed by atoms with Crippen LogP contribution in [0.15, 0.2) is 46.0 Å². The lowest BCUT2D eigenvalue weighted by Crippen LogP contribution is -2.16. The number of hydrogen-bond acceptors (Lipinski definition) is 3. The normalized spacial score (nSPS) is 11.7. The first-order chi connectivity index (χ1) is 10.7. The molecular weight excluding hydrogens is 296 g/mol. The highest BCUT2D eigenvalue weighted by molar-refractivity contribution is 7.16. The van der Waals surface area contributed by atoms with Gasteiger partial charge in [-0.1, -0.05) is 30.2 Å². The van der Waals surface area contributed by atoms with Gasteiger partial charge in [-0.05, 0) is 36.2 Å². The van der Waals surface area contributed by atoms with E-state index in [4.69, 9.17) is 10.8 Å². The highest BCUT2D eigenvalue weighted by atomic mass is 32.1. The SMILES string of the molecule is C#CCn1c(=NC(=O)c2ccco2)sc2cc(CC)ccc21. The van der Waals surface area contributed by atoms with Crippen LogP contribution in [0.3, 0.4) is 0 Å². The first-order valence-corrected chi connectivity index (χ1v) is 7.73. The van der Waals surface area contributed by atoms with E-state index in [1.165, 1.54) is 23.2 Å². The molecule has 0 radical (unpaired) electrons. The van der Waals surface area contributed by atoms with Gasteiger partial charge in [0.05, 0.1) is 23.0 Å². The van der Waals surface area contributed by atoms with Gasteiger partial charge in [0.2, 0.25) is 0 Å². The zero-order valence-electron chi connectivity index (χ0n) is 12.1. The largest absolute Gasteiger partial charge is 0.459 e. The summed E-state index contributed by atoms with van der Waals surface area (Å²) in [5.41, 5.74) is 2.23. The third-order valence-electron chi connectivity index (χ3n) is 3.33. The summed E-state index contributed by atoms with van der Waals surface area (Å²) in [6, 6.07) is 9.47. The number of rotatable bonds is 3. The molecule has 4 nitrogen and oxygen atoms in total. The molecule has 5 heteroatoms. The van der Waals surface area contributed by atoms with Gasteiger partial charge in [-0.2, -0.15) is 4.99 Å². The summed E-state index contributed by atoms with van der Waals surface area (Å²) in [5, 5.41) is 0. The highest BCUT2D eigenvalue weighted by Gasteiger charge is 2.10. The summed E-state index contributed by atoms with van der Waals surface area (Å²) in [6.07, 6.45) is 7.86. The van der Waals surface area contributed by atoms with Crippen LogP contribution in [-0.4, -0.2) is 10.5 Å². The summed E-state index contributed by atoms with van der Waals surface area (Å²) < 4.78 is 8.03. The fourth-order valence-electron chi connectivity index (χ4n) is 2.21. The molecule has 110 valence electrons. The number of amides is 1. The zero-order chi connectivity index (χ0) is 15.5. The van der Waals surface area contributed by atoms with Crippen molar-refractivity contribution in [2.75, 3.05) is 0 Å². The maximum absolute atomic E-state index is 12.1. The molecule has 3 aromatic rings. The number of thiazole rings is 1. The van der Waals surface area contributed by atoms with Gasteiger partial charge in [0.25, 0.3) is 0 Å². The Kier molecular flexibility index (Phi) is 3.94. The second-order valence-electron chi connectivity index (χ2n) is 4.72. The van der Waals surface area contributed by atoms with Crippen LogP contribution in [0.1, 0.15) is 23.0 Å². The number of benzene rings is 1. The van der Waals surface area contributed by atoms with E-state index in [2.05, 4.69) is 30.0 Å². The number of hydrogen-bond donors (Lipinski definition) is 0. The number of nitrogens with zero attached hydrogens (tertiary/aromatic N) is 2. The molecule has 1 aromatic carbocycles. The topological polar surface area (TPSA) is 47.5 Å². The molecule has 0 saturated heterocycles. The van der Waals surface area contributed by atoms with Crippen LogP contribution in [0.4, 0.5) is 0 Å². The molecule has 0 aliphatic heterocycles. The van der Waals surface area contributed by atoms with Gasteiger partial charge < -0.3 is 8.98 Å². The Balaban J connectivity index is 2.17. The minimum atomic E-state index is -0.405. The van der Waals surface area contributed by atoms with E-state index in [0.717, 1.165) is 16.6 Å². The molecule has 2 heterocycles. The number of aryl methyl sites for hydroxylation is 1. The summed E-state index contributed by atoms with van der Waals surface area (Å²) in [4.78, 5) is 16.9. The number of terminal acetylenes is 1. The molecule has 3 rings (SSSR count). The average Bonchev–Trinajstić information content (AvgIpc) is 3.16. The highest BCUT2D eigenvalue weighted by Crippen LogP contribution is 2.19. The van der Waals surface area contributed by atoms with Gasteiger partial charge in [0, 0.05) is 0 Å². The van der Waals surface area contributed by atoms with Crippen molar-refractivity contribution >= 4 is 27.5 Å². The molecule has 0 atom stereocenters. The lowest BCUT2D eigenvalue weighted by atomic mass is 10.2. The van der Waals surface area contributed by atoms with Gasteiger partial charge in [-0.15, -0.1) is 6.42 Å². The van der Waals surface area contributed by atoms with Crippen LogP contribution in [0.25, 0.3) is 10.2 Å². The third-order valence-corrected chi connectivity index (χ3v) is 4.38. The standard InChI is InChI=1S/C17H14N2O2S/c1-3-9-19-13-8-7-12(4-2)11-15(13)22-17(19)18-16(20)14-6-5-10-21-14/h1,5-8,10-11H,4,9H2,2H3. The summed E-state index contributed by atoms with van der Waals surface area (Å²) in [5.74, 6) is 2.43. The Bertz CT molecular complexity index is 924. The van der Waals surface area contributed by atoms with Crippen LogP contribution in [0, 0.1) is 12.3 Å². The van der Waals surface area contributed by atoms with E-state index < -0.39 is 5.91 Å². The maximum Gasteiger partial charge on any atom is 0.315 e. The minimum Gasteiger partial charge on any atom is -0.459 e. The summed E-state index contributed by atoms with van der Waals surface area (Å²) in [7, 11) is 0. The van der Waals surface area contributed by atoms with Crippen molar-refractivity contribution in [3.63, 3.8) is 0 Å². The molecule has 0 N–H and O–H groups in total. The number of carbonyl (C=O) groups is 1. The maximum atomic E-state index is 12.1. The van der Waals surface area contributed by atoms with Crippen LogP contribution in [0.5, 0.6) is 0 Å². The number of fused-ring (bicyclic) bond motifs is 1. The molecule has 0 saturated carbocycles. The molecule has 0 fully saturated rings. The van der Waals surface area contributed by atoms with Crippen molar-refractivity contribution in [2.45, 2.75) is 19.9 Å². The second-order valence-corrected chi connectivity index (χ2v) is 5.73. The van der Waals surface area contributed by atoms with Crippen molar-refractivity contribution in [2.24, 2.45) is 4.99 Å².